The van der Waals surface area contributed by atoms with Gasteiger partial charge in [-0.3, -0.25) is 9.78 Å². The lowest BCUT2D eigenvalue weighted by Crippen LogP contribution is -1.92. The molecule has 1 aromatic heterocycles. The van der Waals surface area contributed by atoms with Crippen molar-refractivity contribution in [1.82, 2.24) is 4.98 Å². The third-order valence-corrected chi connectivity index (χ3v) is 1.68. The van der Waals surface area contributed by atoms with E-state index in [1.54, 1.807) is 18.5 Å². The minimum Gasteiger partial charge on any atom is -0.303 e. The summed E-state index contributed by atoms with van der Waals surface area (Å²) in [5, 5.41) is 0. The number of carbonyl (C=O) groups excluding carboxylic acids is 2. The zero-order chi connectivity index (χ0) is 10.2. The maximum Gasteiger partial charge on any atom is 0.156 e. The minimum absolute atomic E-state index is 0.0334. The first kappa shape index (κ1) is 10.3. The van der Waals surface area contributed by atoms with Gasteiger partial charge < -0.3 is 4.79 Å². The molecule has 0 aliphatic rings. The number of ketones is 1. The van der Waals surface area contributed by atoms with Crippen molar-refractivity contribution in [2.75, 3.05) is 0 Å². The van der Waals surface area contributed by atoms with Crippen LogP contribution in [0.3, 0.4) is 0 Å². The predicted octanol–water partition coefficient (Wildman–Crippen LogP) is 1.64. The topological polar surface area (TPSA) is 47.0 Å². The Bertz CT molecular complexity index is 330. The maximum atomic E-state index is 11.1. The van der Waals surface area contributed by atoms with Crippen LogP contribution in [0.25, 0.3) is 6.08 Å². The van der Waals surface area contributed by atoms with Crippen molar-refractivity contribution >= 4 is 18.1 Å². The molecule has 14 heavy (non-hydrogen) atoms. The number of hydrogen-bond donors (Lipinski definition) is 0. The molecule has 0 amide bonds. The molecule has 1 aromatic rings. The van der Waals surface area contributed by atoms with Crippen molar-refractivity contribution in [2.45, 2.75) is 12.8 Å². The molecule has 0 aliphatic carbocycles. The summed E-state index contributed by atoms with van der Waals surface area (Å²) >= 11 is 0. The fourth-order valence-corrected chi connectivity index (χ4v) is 0.948. The molecule has 3 nitrogen and oxygen atoms in total. The second-order valence-electron chi connectivity index (χ2n) is 2.79. The SMILES string of the molecule is O=CCCC(=O)/C=C/c1ccncc1. The van der Waals surface area contributed by atoms with E-state index in [2.05, 4.69) is 4.98 Å². The van der Waals surface area contributed by atoms with Gasteiger partial charge in [0.1, 0.15) is 6.29 Å². The third-order valence-electron chi connectivity index (χ3n) is 1.68. The van der Waals surface area contributed by atoms with Gasteiger partial charge >= 0.3 is 0 Å². The largest absolute Gasteiger partial charge is 0.303 e. The Morgan fingerprint density at radius 3 is 2.71 bits per heavy atom. The average Bonchev–Trinajstić information content (AvgIpc) is 2.25. The molecule has 0 radical (unpaired) electrons. The van der Waals surface area contributed by atoms with Crippen LogP contribution in [0.1, 0.15) is 18.4 Å². The molecule has 0 saturated carbocycles. The molecule has 0 bridgehead atoms. The number of aldehydes is 1. The van der Waals surface area contributed by atoms with E-state index < -0.39 is 0 Å². The number of hydrogen-bond acceptors (Lipinski definition) is 3. The number of nitrogens with zero attached hydrogens (tertiary/aromatic N) is 1. The zero-order valence-electron chi connectivity index (χ0n) is 7.72. The Labute approximate surface area is 82.5 Å². The summed E-state index contributed by atoms with van der Waals surface area (Å²) in [6.45, 7) is 0. The Hall–Kier alpha value is -1.77. The molecular weight excluding hydrogens is 178 g/mol. The Morgan fingerprint density at radius 1 is 1.36 bits per heavy atom. The van der Waals surface area contributed by atoms with Gasteiger partial charge in [-0.05, 0) is 23.8 Å². The summed E-state index contributed by atoms with van der Waals surface area (Å²) in [6.07, 6.45) is 7.85. The van der Waals surface area contributed by atoms with Gasteiger partial charge in [-0.25, -0.2) is 0 Å². The molecule has 0 unspecified atom stereocenters. The first-order chi connectivity index (χ1) is 6.83. The number of rotatable bonds is 5. The van der Waals surface area contributed by atoms with E-state index >= 15 is 0 Å². The Balaban J connectivity index is 2.48. The van der Waals surface area contributed by atoms with E-state index in [9.17, 15) is 9.59 Å². The van der Waals surface area contributed by atoms with Gasteiger partial charge in [0, 0.05) is 25.2 Å². The van der Waals surface area contributed by atoms with E-state index in [1.807, 2.05) is 12.1 Å². The molecule has 0 aliphatic heterocycles. The fraction of sp³-hybridized carbons (Fsp3) is 0.182. The highest BCUT2D eigenvalue weighted by molar-refractivity contribution is 5.94. The third kappa shape index (κ3) is 3.76. The molecule has 0 saturated heterocycles. The number of aromatic nitrogens is 1. The summed E-state index contributed by atoms with van der Waals surface area (Å²) in [6, 6.07) is 3.62. The van der Waals surface area contributed by atoms with Crippen molar-refractivity contribution < 1.29 is 9.59 Å². The van der Waals surface area contributed by atoms with Crippen LogP contribution in [-0.2, 0) is 9.59 Å². The van der Waals surface area contributed by atoms with Crippen molar-refractivity contribution in [3.8, 4) is 0 Å². The molecular formula is C11H11NO2. The standard InChI is InChI=1S/C11H11NO2/c13-9-1-2-11(14)4-3-10-5-7-12-8-6-10/h3-9H,1-2H2/b4-3+. The van der Waals surface area contributed by atoms with Crippen LogP contribution in [-0.4, -0.2) is 17.1 Å². The van der Waals surface area contributed by atoms with Gasteiger partial charge in [-0.1, -0.05) is 6.08 Å². The first-order valence-electron chi connectivity index (χ1n) is 4.37. The van der Waals surface area contributed by atoms with Gasteiger partial charge in [0.05, 0.1) is 0 Å². The van der Waals surface area contributed by atoms with Gasteiger partial charge in [-0.15, -0.1) is 0 Å². The van der Waals surface area contributed by atoms with Gasteiger partial charge in [-0.2, -0.15) is 0 Å². The van der Waals surface area contributed by atoms with E-state index in [0.717, 1.165) is 11.8 Å². The van der Waals surface area contributed by atoms with Crippen LogP contribution in [0.5, 0.6) is 0 Å². The summed E-state index contributed by atoms with van der Waals surface area (Å²) in [4.78, 5) is 25.0. The van der Waals surface area contributed by atoms with Gasteiger partial charge in [0.25, 0.3) is 0 Å². The maximum absolute atomic E-state index is 11.1. The minimum atomic E-state index is -0.0334. The van der Waals surface area contributed by atoms with Crippen LogP contribution >= 0.6 is 0 Å². The van der Waals surface area contributed by atoms with Crippen LogP contribution in [0.2, 0.25) is 0 Å². The normalized spacial score (nSPS) is 10.3. The molecule has 0 aromatic carbocycles. The quantitative estimate of drug-likeness (QED) is 0.522. The number of allylic oxidation sites excluding steroid dienone is 1. The molecule has 1 heterocycles. The summed E-state index contributed by atoms with van der Waals surface area (Å²) < 4.78 is 0. The lowest BCUT2D eigenvalue weighted by atomic mass is 10.2. The summed E-state index contributed by atoms with van der Waals surface area (Å²) in [5.41, 5.74) is 0.930. The van der Waals surface area contributed by atoms with Crippen LogP contribution in [0.15, 0.2) is 30.6 Å². The van der Waals surface area contributed by atoms with Crippen LogP contribution in [0, 0.1) is 0 Å². The van der Waals surface area contributed by atoms with Gasteiger partial charge in [0.2, 0.25) is 0 Å². The van der Waals surface area contributed by atoms with Crippen molar-refractivity contribution in [3.05, 3.63) is 36.2 Å². The molecule has 1 rings (SSSR count). The summed E-state index contributed by atoms with van der Waals surface area (Å²) in [5.74, 6) is -0.0334. The highest BCUT2D eigenvalue weighted by atomic mass is 16.1. The fourth-order valence-electron chi connectivity index (χ4n) is 0.948. The molecule has 72 valence electrons. The van der Waals surface area contributed by atoms with Gasteiger partial charge in [0.15, 0.2) is 5.78 Å². The lowest BCUT2D eigenvalue weighted by molar-refractivity contribution is -0.116. The molecule has 0 N–H and O–H groups in total. The van der Waals surface area contributed by atoms with E-state index in [1.165, 1.54) is 6.08 Å². The zero-order valence-corrected chi connectivity index (χ0v) is 7.72. The first-order valence-corrected chi connectivity index (χ1v) is 4.37. The summed E-state index contributed by atoms with van der Waals surface area (Å²) in [7, 11) is 0. The van der Waals surface area contributed by atoms with Crippen LogP contribution in [0.4, 0.5) is 0 Å². The number of pyridine rings is 1. The Kier molecular flexibility index (Phi) is 4.27. The van der Waals surface area contributed by atoms with E-state index in [0.29, 0.717) is 6.42 Å². The monoisotopic (exact) mass is 189 g/mol. The molecule has 0 spiro atoms. The van der Waals surface area contributed by atoms with Crippen molar-refractivity contribution in [3.63, 3.8) is 0 Å². The highest BCUT2D eigenvalue weighted by Gasteiger charge is 1.94. The van der Waals surface area contributed by atoms with Crippen molar-refractivity contribution in [1.29, 1.82) is 0 Å². The smallest absolute Gasteiger partial charge is 0.156 e. The molecule has 3 heteroatoms. The van der Waals surface area contributed by atoms with Crippen molar-refractivity contribution in [2.24, 2.45) is 0 Å². The molecule has 0 fully saturated rings. The van der Waals surface area contributed by atoms with E-state index in [-0.39, 0.29) is 12.2 Å². The van der Waals surface area contributed by atoms with E-state index in [4.69, 9.17) is 0 Å². The molecule has 0 atom stereocenters. The highest BCUT2D eigenvalue weighted by Crippen LogP contribution is 2.00. The lowest BCUT2D eigenvalue weighted by Gasteiger charge is -1.90. The second kappa shape index (κ2) is 5.80. The predicted molar refractivity (Wildman–Crippen MR) is 53.6 cm³/mol. The average molecular weight is 189 g/mol. The van der Waals surface area contributed by atoms with Crippen LogP contribution < -0.4 is 0 Å². The number of carbonyl (C=O) groups is 2. The second-order valence-corrected chi connectivity index (χ2v) is 2.79. The Morgan fingerprint density at radius 2 is 2.07 bits per heavy atom.